The van der Waals surface area contributed by atoms with Crippen LogP contribution in [0.25, 0.3) is 0 Å². The number of aromatic nitrogens is 1. The predicted octanol–water partition coefficient (Wildman–Crippen LogP) is 6.80. The highest BCUT2D eigenvalue weighted by Crippen LogP contribution is 2.55. The van der Waals surface area contributed by atoms with Crippen molar-refractivity contribution in [2.24, 2.45) is 23.7 Å². The summed E-state index contributed by atoms with van der Waals surface area (Å²) >= 11 is 0. The molecule has 36 heavy (non-hydrogen) atoms. The normalized spacial score (nSPS) is 27.8. The Morgan fingerprint density at radius 3 is 2.47 bits per heavy atom. The Kier molecular flexibility index (Phi) is 7.11. The quantitative estimate of drug-likeness (QED) is 0.361. The van der Waals surface area contributed by atoms with Crippen molar-refractivity contribution in [2.45, 2.75) is 96.8 Å². The zero-order chi connectivity index (χ0) is 25.6. The first-order valence-electron chi connectivity index (χ1n) is 13.9. The van der Waals surface area contributed by atoms with E-state index in [0.717, 1.165) is 47.3 Å². The van der Waals surface area contributed by atoms with E-state index in [9.17, 15) is 9.59 Å². The molecule has 1 aromatic carbocycles. The van der Waals surface area contributed by atoms with Gasteiger partial charge in [0.1, 0.15) is 11.5 Å². The maximum atomic E-state index is 13.7. The standard InChI is InChI=1S/C31H41NO4/c1-17(2)10-20-12-23(13-20)30-28(21-8-9-21)29(32-36-30)26-15-24(31(34)35-5)14-25(26)27(33)16-22-7-6-18(3)11-19(22)4/h6-7,11,17,20-21,23-26H,8-10,12-16H2,1-5H3/t20?,23?,24-,25-,26-/m1/s1. The van der Waals surface area contributed by atoms with Crippen LogP contribution in [0.15, 0.2) is 22.7 Å². The Hall–Kier alpha value is -2.43. The van der Waals surface area contributed by atoms with Crippen LogP contribution in [-0.2, 0) is 20.7 Å². The third-order valence-corrected chi connectivity index (χ3v) is 8.91. The minimum Gasteiger partial charge on any atom is -0.469 e. The van der Waals surface area contributed by atoms with Gasteiger partial charge in [-0.3, -0.25) is 9.59 Å². The van der Waals surface area contributed by atoms with Crippen LogP contribution in [-0.4, -0.2) is 24.0 Å². The minimum absolute atomic E-state index is 0.0769. The molecule has 0 aliphatic heterocycles. The second-order valence-corrected chi connectivity index (χ2v) is 12.3. The van der Waals surface area contributed by atoms with Gasteiger partial charge in [0.25, 0.3) is 0 Å². The minimum atomic E-state index is -0.264. The average Bonchev–Trinajstić information content (AvgIpc) is 3.40. The zero-order valence-electron chi connectivity index (χ0n) is 22.5. The van der Waals surface area contributed by atoms with Crippen LogP contribution >= 0.6 is 0 Å². The van der Waals surface area contributed by atoms with Gasteiger partial charge in [-0.15, -0.1) is 0 Å². The lowest BCUT2D eigenvalue weighted by molar-refractivity contribution is -0.145. The maximum Gasteiger partial charge on any atom is 0.308 e. The van der Waals surface area contributed by atoms with Crippen LogP contribution in [0.1, 0.15) is 110 Å². The van der Waals surface area contributed by atoms with Crippen molar-refractivity contribution < 1.29 is 18.8 Å². The van der Waals surface area contributed by atoms with Crippen molar-refractivity contribution in [3.05, 3.63) is 51.9 Å². The maximum absolute atomic E-state index is 13.7. The molecular formula is C31H41NO4. The second-order valence-electron chi connectivity index (χ2n) is 12.3. The van der Waals surface area contributed by atoms with Crippen LogP contribution in [0.4, 0.5) is 0 Å². The molecule has 0 bridgehead atoms. The van der Waals surface area contributed by atoms with E-state index in [2.05, 4.69) is 51.1 Å². The molecule has 1 aromatic heterocycles. The van der Waals surface area contributed by atoms with Gasteiger partial charge >= 0.3 is 5.97 Å². The summed E-state index contributed by atoms with van der Waals surface area (Å²) in [6, 6.07) is 6.27. The Morgan fingerprint density at radius 2 is 1.83 bits per heavy atom. The van der Waals surface area contributed by atoms with E-state index in [1.54, 1.807) is 0 Å². The first-order valence-corrected chi connectivity index (χ1v) is 13.9. The highest BCUT2D eigenvalue weighted by Gasteiger charge is 2.48. The lowest BCUT2D eigenvalue weighted by atomic mass is 9.69. The number of ether oxygens (including phenoxy) is 1. The van der Waals surface area contributed by atoms with Gasteiger partial charge in [0, 0.05) is 29.7 Å². The first-order chi connectivity index (χ1) is 17.2. The molecule has 5 rings (SSSR count). The average molecular weight is 492 g/mol. The lowest BCUT2D eigenvalue weighted by Gasteiger charge is -2.35. The van der Waals surface area contributed by atoms with Crippen LogP contribution in [0.2, 0.25) is 0 Å². The number of esters is 1. The molecule has 0 spiro atoms. The number of aryl methyl sites for hydroxylation is 2. The van der Waals surface area contributed by atoms with Crippen molar-refractivity contribution in [1.29, 1.82) is 0 Å². The predicted molar refractivity (Wildman–Crippen MR) is 139 cm³/mol. The molecular weight excluding hydrogens is 450 g/mol. The first kappa shape index (κ1) is 25.2. The molecule has 3 aliphatic carbocycles. The third kappa shape index (κ3) is 5.03. The number of hydrogen-bond acceptors (Lipinski definition) is 5. The molecule has 3 aliphatic rings. The van der Waals surface area contributed by atoms with Crippen molar-refractivity contribution in [3.63, 3.8) is 0 Å². The fraction of sp³-hybridized carbons (Fsp3) is 0.645. The number of methoxy groups -OCH3 is 1. The molecule has 5 heteroatoms. The molecule has 3 atom stereocenters. The number of ketones is 1. The molecule has 5 nitrogen and oxygen atoms in total. The van der Waals surface area contributed by atoms with E-state index in [1.807, 2.05) is 0 Å². The Balaban J connectivity index is 1.41. The van der Waals surface area contributed by atoms with Crippen molar-refractivity contribution in [3.8, 4) is 0 Å². The van der Waals surface area contributed by atoms with Gasteiger partial charge in [-0.25, -0.2) is 0 Å². The Labute approximate surface area is 215 Å². The van der Waals surface area contributed by atoms with Gasteiger partial charge in [0.05, 0.1) is 18.7 Å². The molecule has 0 radical (unpaired) electrons. The number of rotatable bonds is 9. The largest absolute Gasteiger partial charge is 0.469 e. The molecule has 1 heterocycles. The molecule has 0 saturated heterocycles. The van der Waals surface area contributed by atoms with Gasteiger partial charge in [0.15, 0.2) is 0 Å². The van der Waals surface area contributed by atoms with Crippen LogP contribution in [0.5, 0.6) is 0 Å². The van der Waals surface area contributed by atoms with Gasteiger partial charge in [0.2, 0.25) is 0 Å². The molecule has 194 valence electrons. The summed E-state index contributed by atoms with van der Waals surface area (Å²) in [5.41, 5.74) is 5.66. The van der Waals surface area contributed by atoms with Crippen LogP contribution in [0.3, 0.4) is 0 Å². The van der Waals surface area contributed by atoms with Gasteiger partial charge in [-0.05, 0) is 87.7 Å². The smallest absolute Gasteiger partial charge is 0.308 e. The van der Waals surface area contributed by atoms with E-state index in [4.69, 9.17) is 9.26 Å². The second kappa shape index (κ2) is 10.1. The monoisotopic (exact) mass is 491 g/mol. The summed E-state index contributed by atoms with van der Waals surface area (Å²) in [6.45, 7) is 8.73. The van der Waals surface area contributed by atoms with E-state index < -0.39 is 0 Å². The summed E-state index contributed by atoms with van der Waals surface area (Å²) in [5.74, 6) is 2.94. The van der Waals surface area contributed by atoms with E-state index >= 15 is 0 Å². The van der Waals surface area contributed by atoms with E-state index in [1.165, 1.54) is 37.5 Å². The van der Waals surface area contributed by atoms with Crippen molar-refractivity contribution in [1.82, 2.24) is 5.16 Å². The molecule has 0 N–H and O–H groups in total. The highest BCUT2D eigenvalue weighted by atomic mass is 16.5. The third-order valence-electron chi connectivity index (χ3n) is 8.91. The SMILES string of the molecule is COC(=O)[C@@H]1C[C@@H](C(=O)Cc2ccc(C)cc2C)[C@H](c2noc(C3CC(CC(C)C)C3)c2C2CC2)C1. The van der Waals surface area contributed by atoms with Crippen LogP contribution in [0, 0.1) is 37.5 Å². The van der Waals surface area contributed by atoms with Crippen LogP contribution < -0.4 is 0 Å². The summed E-state index contributed by atoms with van der Waals surface area (Å²) in [5, 5.41) is 4.66. The van der Waals surface area contributed by atoms with Crippen molar-refractivity contribution >= 4 is 11.8 Å². The molecule has 2 aromatic rings. The van der Waals surface area contributed by atoms with E-state index in [0.29, 0.717) is 31.1 Å². The fourth-order valence-corrected chi connectivity index (χ4v) is 6.89. The fourth-order valence-electron chi connectivity index (χ4n) is 6.89. The Bertz CT molecular complexity index is 1120. The number of hydrogen-bond donors (Lipinski definition) is 0. The van der Waals surface area contributed by atoms with E-state index in [-0.39, 0.29) is 29.5 Å². The zero-order valence-corrected chi connectivity index (χ0v) is 22.5. The number of benzene rings is 1. The number of Topliss-reactive ketones (excluding diaryl/α,β-unsaturated/α-hetero) is 1. The summed E-state index contributed by atoms with van der Waals surface area (Å²) in [4.78, 5) is 26.3. The number of carbonyl (C=O) groups is 2. The van der Waals surface area contributed by atoms with Gasteiger partial charge in [-0.2, -0.15) is 0 Å². The summed E-state index contributed by atoms with van der Waals surface area (Å²) in [7, 11) is 1.44. The molecule has 0 unspecified atom stereocenters. The molecule has 3 fully saturated rings. The lowest BCUT2D eigenvalue weighted by Crippen LogP contribution is -2.24. The van der Waals surface area contributed by atoms with Gasteiger partial charge in [-0.1, -0.05) is 42.8 Å². The topological polar surface area (TPSA) is 69.4 Å². The number of carbonyl (C=O) groups excluding carboxylic acids is 2. The molecule has 0 amide bonds. The highest BCUT2D eigenvalue weighted by molar-refractivity contribution is 5.86. The summed E-state index contributed by atoms with van der Waals surface area (Å²) < 4.78 is 11.2. The number of nitrogens with zero attached hydrogens (tertiary/aromatic N) is 1. The molecule has 3 saturated carbocycles. The van der Waals surface area contributed by atoms with Gasteiger partial charge < -0.3 is 9.26 Å². The Morgan fingerprint density at radius 1 is 1.08 bits per heavy atom. The summed E-state index contributed by atoms with van der Waals surface area (Å²) in [6.07, 6.45) is 7.50. The van der Waals surface area contributed by atoms with Crippen molar-refractivity contribution in [2.75, 3.05) is 7.11 Å².